The lowest BCUT2D eigenvalue weighted by molar-refractivity contribution is -0.118. The molecule has 30 heavy (non-hydrogen) atoms. The molecule has 2 aromatic carbocycles. The Bertz CT molecular complexity index is 1430. The van der Waals surface area contributed by atoms with Crippen molar-refractivity contribution in [1.82, 2.24) is 9.13 Å². The predicted octanol–water partition coefficient (Wildman–Crippen LogP) is 2.39. The van der Waals surface area contributed by atoms with Crippen LogP contribution in [0.4, 0.5) is 0 Å². The number of nitrogens with zero attached hydrogens (tertiary/aromatic N) is 3. The van der Waals surface area contributed by atoms with E-state index in [0.29, 0.717) is 32.9 Å². The highest BCUT2D eigenvalue weighted by Crippen LogP contribution is 2.35. The van der Waals surface area contributed by atoms with Gasteiger partial charge in [-0.2, -0.15) is 4.99 Å². The Morgan fingerprint density at radius 1 is 1.17 bits per heavy atom. The summed E-state index contributed by atoms with van der Waals surface area (Å²) in [7, 11) is 3.11. The number of hydrogen-bond acceptors (Lipinski definition) is 6. The number of benzene rings is 2. The molecule has 0 bridgehead atoms. The van der Waals surface area contributed by atoms with E-state index in [2.05, 4.69) is 10.9 Å². The molecular formula is C21H17N3O5S. The van der Waals surface area contributed by atoms with E-state index in [1.807, 2.05) is 0 Å². The van der Waals surface area contributed by atoms with Gasteiger partial charge < -0.3 is 18.5 Å². The van der Waals surface area contributed by atoms with Gasteiger partial charge in [0.05, 0.1) is 26.3 Å². The summed E-state index contributed by atoms with van der Waals surface area (Å²) in [5, 5.41) is 0. The average molecular weight is 423 g/mol. The second-order valence-electron chi connectivity index (χ2n) is 6.25. The van der Waals surface area contributed by atoms with Crippen LogP contribution in [0.3, 0.4) is 0 Å². The van der Waals surface area contributed by atoms with Crippen LogP contribution < -0.4 is 20.0 Å². The number of rotatable bonds is 5. The lowest BCUT2D eigenvalue weighted by Crippen LogP contribution is -2.22. The van der Waals surface area contributed by atoms with Gasteiger partial charge in [-0.1, -0.05) is 29.4 Å². The molecule has 0 saturated heterocycles. The Hall–Kier alpha value is -3.77. The third-order valence-corrected chi connectivity index (χ3v) is 5.62. The third kappa shape index (κ3) is 3.27. The lowest BCUT2D eigenvalue weighted by atomic mass is 10.3. The van der Waals surface area contributed by atoms with Crippen LogP contribution >= 0.6 is 11.3 Å². The number of methoxy groups -OCH3 is 2. The molecule has 0 aliphatic rings. The van der Waals surface area contributed by atoms with Crippen molar-refractivity contribution >= 4 is 38.6 Å². The molecule has 9 heteroatoms. The zero-order valence-electron chi connectivity index (χ0n) is 16.2. The zero-order valence-corrected chi connectivity index (χ0v) is 17.1. The van der Waals surface area contributed by atoms with Crippen LogP contribution in [0.2, 0.25) is 0 Å². The molecule has 4 rings (SSSR count). The van der Waals surface area contributed by atoms with Crippen molar-refractivity contribution in [2.45, 2.75) is 13.1 Å². The highest BCUT2D eigenvalue weighted by molar-refractivity contribution is 7.16. The van der Waals surface area contributed by atoms with Crippen LogP contribution in [0.25, 0.3) is 21.3 Å². The number of carbonyl (C=O) groups is 1. The number of oxazole rings is 1. The molecule has 0 aliphatic carbocycles. The molecule has 0 atom stereocenters. The van der Waals surface area contributed by atoms with Crippen LogP contribution in [-0.2, 0) is 17.9 Å². The van der Waals surface area contributed by atoms with Gasteiger partial charge in [-0.05, 0) is 24.3 Å². The minimum absolute atomic E-state index is 0.185. The zero-order chi connectivity index (χ0) is 21.3. The largest absolute Gasteiger partial charge is 0.495 e. The lowest BCUT2D eigenvalue weighted by Gasteiger charge is -2.08. The maximum atomic E-state index is 12.7. The molecule has 1 amide bonds. The number of thiazole rings is 1. The number of terminal acetylenes is 1. The molecule has 0 saturated carbocycles. The molecule has 2 aromatic heterocycles. The first kappa shape index (κ1) is 19.5. The van der Waals surface area contributed by atoms with E-state index in [9.17, 15) is 9.59 Å². The molecule has 0 N–H and O–H groups in total. The Morgan fingerprint density at radius 2 is 1.90 bits per heavy atom. The maximum Gasteiger partial charge on any atom is 0.420 e. The molecule has 0 fully saturated rings. The summed E-state index contributed by atoms with van der Waals surface area (Å²) in [6.07, 6.45) is 5.54. The monoisotopic (exact) mass is 423 g/mol. The van der Waals surface area contributed by atoms with Crippen molar-refractivity contribution in [2.24, 2.45) is 4.99 Å². The Kier molecular flexibility index (Phi) is 5.16. The van der Waals surface area contributed by atoms with Crippen molar-refractivity contribution < 1.29 is 18.7 Å². The van der Waals surface area contributed by atoms with E-state index in [1.165, 1.54) is 15.9 Å². The highest BCUT2D eigenvalue weighted by atomic mass is 32.1. The van der Waals surface area contributed by atoms with Crippen molar-refractivity contribution in [3.8, 4) is 23.8 Å². The predicted molar refractivity (Wildman–Crippen MR) is 113 cm³/mol. The van der Waals surface area contributed by atoms with Gasteiger partial charge in [-0.25, -0.2) is 4.79 Å². The molecule has 0 radical (unpaired) electrons. The Balaban J connectivity index is 1.84. The minimum atomic E-state index is -0.615. The molecule has 0 aliphatic heterocycles. The van der Waals surface area contributed by atoms with Crippen molar-refractivity contribution in [3.63, 3.8) is 0 Å². The van der Waals surface area contributed by atoms with Crippen LogP contribution in [-0.4, -0.2) is 29.3 Å². The van der Waals surface area contributed by atoms with E-state index in [4.69, 9.17) is 20.3 Å². The highest BCUT2D eigenvalue weighted by Gasteiger charge is 2.17. The van der Waals surface area contributed by atoms with Crippen LogP contribution in [0.1, 0.15) is 0 Å². The summed E-state index contributed by atoms with van der Waals surface area (Å²) in [5.74, 6) is 2.65. The Morgan fingerprint density at radius 3 is 2.63 bits per heavy atom. The van der Waals surface area contributed by atoms with Crippen molar-refractivity contribution in [2.75, 3.05) is 14.2 Å². The van der Waals surface area contributed by atoms with E-state index < -0.39 is 11.7 Å². The molecule has 4 aromatic rings. The summed E-state index contributed by atoms with van der Waals surface area (Å²) in [4.78, 5) is 29.5. The molecule has 0 spiro atoms. The van der Waals surface area contributed by atoms with Gasteiger partial charge in [0.2, 0.25) is 0 Å². The van der Waals surface area contributed by atoms with Gasteiger partial charge in [-0.15, -0.1) is 6.42 Å². The number of aromatic nitrogens is 2. The number of carbonyl (C=O) groups excluding carboxylic acids is 1. The van der Waals surface area contributed by atoms with E-state index in [-0.39, 0.29) is 13.1 Å². The van der Waals surface area contributed by atoms with E-state index in [1.54, 1.807) is 55.2 Å². The first-order valence-corrected chi connectivity index (χ1v) is 9.72. The number of hydrogen-bond donors (Lipinski definition) is 0. The summed E-state index contributed by atoms with van der Waals surface area (Å²) >= 11 is 1.26. The third-order valence-electron chi connectivity index (χ3n) is 4.53. The smallest absolute Gasteiger partial charge is 0.420 e. The number of amides is 1. The van der Waals surface area contributed by atoms with Crippen LogP contribution in [0, 0.1) is 12.3 Å². The SMILES string of the molecule is C#CCn1c(=NC(=O)Cn2c(=O)oc3ccccc32)sc2c(OC)ccc(OC)c21. The molecule has 152 valence electrons. The van der Waals surface area contributed by atoms with Crippen molar-refractivity contribution in [3.05, 3.63) is 51.8 Å². The van der Waals surface area contributed by atoms with Gasteiger partial charge in [0, 0.05) is 0 Å². The second kappa shape index (κ2) is 7.93. The minimum Gasteiger partial charge on any atom is -0.495 e. The van der Waals surface area contributed by atoms with Gasteiger partial charge in [0.1, 0.15) is 28.3 Å². The first-order valence-electron chi connectivity index (χ1n) is 8.91. The fourth-order valence-electron chi connectivity index (χ4n) is 3.22. The summed E-state index contributed by atoms with van der Waals surface area (Å²) in [5.41, 5.74) is 1.63. The average Bonchev–Trinajstić information content (AvgIpc) is 3.25. The summed E-state index contributed by atoms with van der Waals surface area (Å²) < 4.78 is 19.8. The quantitative estimate of drug-likeness (QED) is 0.460. The maximum absolute atomic E-state index is 12.7. The van der Waals surface area contributed by atoms with Crippen molar-refractivity contribution in [1.29, 1.82) is 0 Å². The number of ether oxygens (including phenoxy) is 2. The fraction of sp³-hybridized carbons (Fsp3) is 0.190. The Labute approximate surface area is 174 Å². The first-order chi connectivity index (χ1) is 14.6. The second-order valence-corrected chi connectivity index (χ2v) is 7.23. The number of para-hydroxylation sites is 2. The van der Waals surface area contributed by atoms with Gasteiger partial charge in [0.25, 0.3) is 5.91 Å². The van der Waals surface area contributed by atoms with Gasteiger partial charge in [0.15, 0.2) is 10.4 Å². The van der Waals surface area contributed by atoms with Gasteiger partial charge in [-0.3, -0.25) is 9.36 Å². The summed E-state index contributed by atoms with van der Waals surface area (Å²) in [6, 6.07) is 10.4. The summed E-state index contributed by atoms with van der Waals surface area (Å²) in [6.45, 7) is -0.0708. The van der Waals surface area contributed by atoms with E-state index >= 15 is 0 Å². The van der Waals surface area contributed by atoms with Crippen LogP contribution in [0.15, 0.2) is 50.6 Å². The topological polar surface area (TPSA) is 88.0 Å². The van der Waals surface area contributed by atoms with Crippen LogP contribution in [0.5, 0.6) is 11.5 Å². The molecular weight excluding hydrogens is 406 g/mol. The van der Waals surface area contributed by atoms with Gasteiger partial charge >= 0.3 is 5.76 Å². The van der Waals surface area contributed by atoms with E-state index in [0.717, 1.165) is 4.70 Å². The normalized spacial score (nSPS) is 11.7. The standard InChI is InChI=1S/C21H17N3O5S/c1-4-11-23-18-15(27-2)9-10-16(28-3)19(18)30-20(23)22-17(25)12-24-13-7-5-6-8-14(13)29-21(24)26/h1,5-10H,11-12H2,2-3H3. The molecule has 8 nitrogen and oxygen atoms in total. The number of fused-ring (bicyclic) bond motifs is 2. The fourth-order valence-corrected chi connectivity index (χ4v) is 4.37. The molecule has 2 heterocycles. The molecule has 0 unspecified atom stereocenters.